The molecule has 1 fully saturated rings. The molecule has 13 heavy (non-hydrogen) atoms. The monoisotopic (exact) mass is 180 g/mol. The van der Waals surface area contributed by atoms with Gasteiger partial charge < -0.3 is 4.74 Å². The van der Waals surface area contributed by atoms with Crippen molar-refractivity contribution < 1.29 is 4.74 Å². The summed E-state index contributed by atoms with van der Waals surface area (Å²) < 4.78 is 5.85. The molecule has 1 nitrogen and oxygen atoms in total. The van der Waals surface area contributed by atoms with Crippen LogP contribution in [-0.4, -0.2) is 5.60 Å². The Morgan fingerprint density at radius 3 is 2.69 bits per heavy atom. The van der Waals surface area contributed by atoms with E-state index in [1.54, 1.807) is 0 Å². The lowest BCUT2D eigenvalue weighted by Crippen LogP contribution is -2.29. The fraction of sp³-hybridized carbons (Fsp3) is 0.833. The van der Waals surface area contributed by atoms with Gasteiger partial charge in [-0.1, -0.05) is 27.2 Å². The van der Waals surface area contributed by atoms with Gasteiger partial charge in [-0.25, -0.2) is 0 Å². The van der Waals surface area contributed by atoms with E-state index in [-0.39, 0.29) is 11.0 Å². The highest BCUT2D eigenvalue weighted by molar-refractivity contribution is 5.29. The van der Waals surface area contributed by atoms with Crippen LogP contribution in [-0.2, 0) is 4.74 Å². The molecule has 0 amide bonds. The predicted octanol–water partition coefficient (Wildman–Crippen LogP) is 3.65. The molecule has 1 heteroatoms. The maximum Gasteiger partial charge on any atom is 0.170 e. The Balaban J connectivity index is 2.20. The third-order valence-corrected chi connectivity index (χ3v) is 3.41. The first-order chi connectivity index (χ1) is 6.06. The molecule has 0 bridgehead atoms. The van der Waals surface area contributed by atoms with Crippen molar-refractivity contribution in [3.63, 3.8) is 0 Å². The second-order valence-corrected chi connectivity index (χ2v) is 5.35. The molecular weight excluding hydrogens is 160 g/mol. The minimum Gasteiger partial charge on any atom is -0.479 e. The second-order valence-electron chi connectivity index (χ2n) is 5.35. The Kier molecular flexibility index (Phi) is 1.94. The summed E-state index contributed by atoms with van der Waals surface area (Å²) in [6.07, 6.45) is 8.78. The van der Waals surface area contributed by atoms with Crippen LogP contribution in [0, 0.1) is 5.41 Å². The molecule has 2 aliphatic rings. The average molecular weight is 180 g/mol. The molecule has 0 aromatic carbocycles. The van der Waals surface area contributed by atoms with Gasteiger partial charge in [0.1, 0.15) is 5.76 Å². The van der Waals surface area contributed by atoms with Crippen LogP contribution in [0.3, 0.4) is 0 Å². The molecule has 0 spiro atoms. The molecule has 1 aliphatic carbocycles. The van der Waals surface area contributed by atoms with E-state index in [9.17, 15) is 0 Å². The standard InChI is InChI=1S/C12H20O/c1-11(2,3)12-9-7-5-4-6-8-10(12)13-12/h8H,4-7,9H2,1-3H3/b10-8+. The van der Waals surface area contributed by atoms with Crippen LogP contribution in [0.1, 0.15) is 52.9 Å². The number of fused-ring (bicyclic) bond motifs is 1. The lowest BCUT2D eigenvalue weighted by molar-refractivity contribution is 0.142. The zero-order chi connectivity index (χ0) is 9.53. The van der Waals surface area contributed by atoms with Gasteiger partial charge in [-0.3, -0.25) is 0 Å². The van der Waals surface area contributed by atoms with Crippen molar-refractivity contribution in [2.75, 3.05) is 0 Å². The SMILES string of the molecule is CC(C)(C)C12CCCCC/C=C\1O2. The van der Waals surface area contributed by atoms with Crippen LogP contribution in [0.15, 0.2) is 11.8 Å². The quantitative estimate of drug-likeness (QED) is 0.518. The van der Waals surface area contributed by atoms with Crippen molar-refractivity contribution in [3.05, 3.63) is 11.8 Å². The normalized spacial score (nSPS) is 37.6. The van der Waals surface area contributed by atoms with Crippen molar-refractivity contribution in [3.8, 4) is 0 Å². The van der Waals surface area contributed by atoms with Crippen LogP contribution in [0.25, 0.3) is 0 Å². The Labute approximate surface area is 81.2 Å². The summed E-state index contributed by atoms with van der Waals surface area (Å²) in [4.78, 5) is 0. The second kappa shape index (κ2) is 2.76. The largest absolute Gasteiger partial charge is 0.479 e. The number of epoxide rings is 1. The summed E-state index contributed by atoms with van der Waals surface area (Å²) in [6.45, 7) is 6.86. The third-order valence-electron chi connectivity index (χ3n) is 3.41. The Morgan fingerprint density at radius 2 is 2.00 bits per heavy atom. The predicted molar refractivity (Wildman–Crippen MR) is 54.4 cm³/mol. The highest BCUT2D eigenvalue weighted by atomic mass is 16.6. The molecular formula is C12H20O. The van der Waals surface area contributed by atoms with E-state index in [1.807, 2.05) is 0 Å². The van der Waals surface area contributed by atoms with Crippen LogP contribution in [0.2, 0.25) is 0 Å². The van der Waals surface area contributed by atoms with Gasteiger partial charge in [-0.05, 0) is 31.8 Å². The molecule has 1 saturated heterocycles. The van der Waals surface area contributed by atoms with Crippen molar-refractivity contribution in [1.29, 1.82) is 0 Å². The Bertz CT molecular complexity index is 234. The van der Waals surface area contributed by atoms with E-state index in [4.69, 9.17) is 4.74 Å². The highest BCUT2D eigenvalue weighted by Gasteiger charge is 2.59. The Hall–Kier alpha value is -0.460. The minimum atomic E-state index is 0.118. The molecule has 2 rings (SSSR count). The summed E-state index contributed by atoms with van der Waals surface area (Å²) in [5.74, 6) is 1.28. The van der Waals surface area contributed by atoms with Gasteiger partial charge in [0.05, 0.1) is 0 Å². The van der Waals surface area contributed by atoms with E-state index in [2.05, 4.69) is 26.8 Å². The summed E-state index contributed by atoms with van der Waals surface area (Å²) in [5.41, 5.74) is 0.392. The average Bonchev–Trinajstić information content (AvgIpc) is 2.61. The molecule has 0 N–H and O–H groups in total. The number of rotatable bonds is 0. The summed E-state index contributed by atoms with van der Waals surface area (Å²) in [6, 6.07) is 0. The molecule has 0 aromatic rings. The smallest absolute Gasteiger partial charge is 0.170 e. The number of hydrogen-bond acceptors (Lipinski definition) is 1. The number of allylic oxidation sites excluding steroid dienone is 1. The van der Waals surface area contributed by atoms with E-state index < -0.39 is 0 Å². The van der Waals surface area contributed by atoms with Crippen molar-refractivity contribution in [2.45, 2.75) is 58.5 Å². The van der Waals surface area contributed by atoms with Crippen LogP contribution in [0.5, 0.6) is 0 Å². The molecule has 0 aromatic heterocycles. The molecule has 1 unspecified atom stereocenters. The van der Waals surface area contributed by atoms with E-state index in [1.165, 1.54) is 37.9 Å². The van der Waals surface area contributed by atoms with Gasteiger partial charge in [0, 0.05) is 5.41 Å². The summed E-state index contributed by atoms with van der Waals surface area (Å²) in [7, 11) is 0. The topological polar surface area (TPSA) is 12.5 Å². The highest BCUT2D eigenvalue weighted by Crippen LogP contribution is 2.57. The fourth-order valence-electron chi connectivity index (χ4n) is 2.37. The first-order valence-corrected chi connectivity index (χ1v) is 5.46. The minimum absolute atomic E-state index is 0.118. The van der Waals surface area contributed by atoms with Gasteiger partial charge in [-0.15, -0.1) is 0 Å². The lowest BCUT2D eigenvalue weighted by Gasteiger charge is -2.26. The number of hydrogen-bond donors (Lipinski definition) is 0. The first-order valence-electron chi connectivity index (χ1n) is 5.46. The summed E-state index contributed by atoms with van der Waals surface area (Å²) >= 11 is 0. The first kappa shape index (κ1) is 9.11. The van der Waals surface area contributed by atoms with Gasteiger partial charge in [0.25, 0.3) is 0 Å². The van der Waals surface area contributed by atoms with Crippen LogP contribution >= 0.6 is 0 Å². The zero-order valence-electron chi connectivity index (χ0n) is 9.02. The Morgan fingerprint density at radius 1 is 1.23 bits per heavy atom. The van der Waals surface area contributed by atoms with E-state index >= 15 is 0 Å². The van der Waals surface area contributed by atoms with Gasteiger partial charge in [0.2, 0.25) is 0 Å². The number of ether oxygens (including phenoxy) is 1. The zero-order valence-corrected chi connectivity index (χ0v) is 9.02. The van der Waals surface area contributed by atoms with Crippen LogP contribution < -0.4 is 0 Å². The molecule has 1 aliphatic heterocycles. The molecule has 1 heterocycles. The molecule has 0 radical (unpaired) electrons. The fourth-order valence-corrected chi connectivity index (χ4v) is 2.37. The van der Waals surface area contributed by atoms with Crippen LogP contribution in [0.4, 0.5) is 0 Å². The van der Waals surface area contributed by atoms with Crippen molar-refractivity contribution >= 4 is 0 Å². The van der Waals surface area contributed by atoms with Gasteiger partial charge in [0.15, 0.2) is 5.60 Å². The molecule has 0 saturated carbocycles. The lowest BCUT2D eigenvalue weighted by atomic mass is 9.76. The maximum atomic E-state index is 5.85. The third kappa shape index (κ3) is 1.38. The summed E-state index contributed by atoms with van der Waals surface area (Å²) in [5, 5.41) is 0. The van der Waals surface area contributed by atoms with Gasteiger partial charge >= 0.3 is 0 Å². The van der Waals surface area contributed by atoms with Crippen molar-refractivity contribution in [1.82, 2.24) is 0 Å². The van der Waals surface area contributed by atoms with E-state index in [0.717, 1.165) is 0 Å². The van der Waals surface area contributed by atoms with Crippen molar-refractivity contribution in [2.24, 2.45) is 5.41 Å². The maximum absolute atomic E-state index is 5.85. The molecule has 1 atom stereocenters. The molecule has 74 valence electrons. The van der Waals surface area contributed by atoms with E-state index in [0.29, 0.717) is 0 Å². The van der Waals surface area contributed by atoms with Gasteiger partial charge in [-0.2, -0.15) is 0 Å².